The van der Waals surface area contributed by atoms with Gasteiger partial charge in [-0.2, -0.15) is 26.3 Å². The Bertz CT molecular complexity index is 4540. The summed E-state index contributed by atoms with van der Waals surface area (Å²) in [6.07, 6.45) is -9.44. The summed E-state index contributed by atoms with van der Waals surface area (Å²) in [5.41, 5.74) is 9.93. The van der Waals surface area contributed by atoms with Crippen molar-refractivity contribution in [2.45, 2.75) is 91.5 Å². The SMILES string of the molecule is CC(C)(C)O.CC(C)(C)OC(=O)Nc1cc(-c2cccc(Cl)c2)cs1.CC(C)(C)OC(=O)Nc1cc(Br)cs1.FC(F)(F)c1cccc(I)c1.FC(F)(F)c1cccc(Nc2cc(-c3cccc(Cl)c3)cs2)c1.Nc1cc(-c2cccc(Cl)c2)cs1.O=C(O)c1cc(Br)cs1.OB(O)c1cccc(Cl)c1. The van der Waals surface area contributed by atoms with Gasteiger partial charge in [-0.15, -0.1) is 56.7 Å². The third-order valence-corrected chi connectivity index (χ3v) is 19.0. The van der Waals surface area contributed by atoms with Crippen LogP contribution < -0.4 is 27.1 Å². The molecule has 6 aromatic carbocycles. The molecular weight excluding hydrogens is 1790 g/mol. The normalized spacial score (nSPS) is 10.9. The van der Waals surface area contributed by atoms with Gasteiger partial charge in [0.1, 0.15) is 16.1 Å². The lowest BCUT2D eigenvalue weighted by atomic mass is 9.81. The summed E-state index contributed by atoms with van der Waals surface area (Å²) in [4.78, 5) is 33.5. The van der Waals surface area contributed by atoms with Gasteiger partial charge in [0.2, 0.25) is 0 Å². The maximum absolute atomic E-state index is 12.7. The molecule has 0 saturated heterocycles. The predicted octanol–water partition coefficient (Wildman–Crippen LogP) is 26.1. The highest BCUT2D eigenvalue weighted by atomic mass is 127. The number of rotatable bonds is 9. The Morgan fingerprint density at radius 2 is 0.857 bits per heavy atom. The highest BCUT2D eigenvalue weighted by Crippen LogP contribution is 2.37. The van der Waals surface area contributed by atoms with Crippen molar-refractivity contribution in [2.24, 2.45) is 0 Å². The summed E-state index contributed by atoms with van der Waals surface area (Å²) in [6.45, 7) is 16.2. The van der Waals surface area contributed by atoms with E-state index in [9.17, 15) is 40.7 Å². The molecule has 2 amide bonds. The Kier molecular flexibility index (Phi) is 37.4. The molecule has 0 aliphatic rings. The van der Waals surface area contributed by atoms with Crippen LogP contribution in [0, 0.1) is 3.57 Å². The van der Waals surface area contributed by atoms with E-state index in [0.717, 1.165) is 91.6 Å². The van der Waals surface area contributed by atoms with E-state index in [2.05, 4.69) is 47.8 Å². The number of carbonyl (C=O) groups excluding carboxylic acids is 2. The summed E-state index contributed by atoms with van der Waals surface area (Å²) in [5.74, 6) is -0.870. The van der Waals surface area contributed by atoms with E-state index in [0.29, 0.717) is 34.7 Å². The summed E-state index contributed by atoms with van der Waals surface area (Å²) >= 11 is 38.7. The highest BCUT2D eigenvalue weighted by molar-refractivity contribution is 14.1. The van der Waals surface area contributed by atoms with Crippen LogP contribution in [0.4, 0.5) is 61.6 Å². The van der Waals surface area contributed by atoms with Gasteiger partial charge in [-0.05, 0) is 271 Å². The smallest absolute Gasteiger partial charge is 0.477 e. The van der Waals surface area contributed by atoms with Gasteiger partial charge in [-0.3, -0.25) is 10.6 Å². The van der Waals surface area contributed by atoms with E-state index >= 15 is 0 Å². The van der Waals surface area contributed by atoms with E-state index < -0.39 is 65.6 Å². The Balaban J connectivity index is 0.000000262. The average molecular weight is 1860 g/mol. The van der Waals surface area contributed by atoms with Crippen molar-refractivity contribution in [3.05, 3.63) is 251 Å². The number of anilines is 5. The first-order valence-corrected chi connectivity index (χ1v) is 39.0. The number of thiophene rings is 5. The van der Waals surface area contributed by atoms with Crippen LogP contribution >= 0.6 is 158 Å². The molecule has 0 bridgehead atoms. The molecule has 13 nitrogen and oxygen atoms in total. The molecule has 560 valence electrons. The molecule has 0 saturated carbocycles. The van der Waals surface area contributed by atoms with E-state index in [-0.39, 0.29) is 0 Å². The third kappa shape index (κ3) is 38.4. The summed E-state index contributed by atoms with van der Waals surface area (Å²) < 4.78 is 86.8. The first-order chi connectivity index (χ1) is 48.8. The second-order valence-corrected chi connectivity index (χ2v) is 33.7. The number of amides is 2. The number of alkyl halides is 6. The average Bonchev–Trinajstić information content (AvgIpc) is 1.84. The van der Waals surface area contributed by atoms with Crippen LogP contribution in [0.25, 0.3) is 33.4 Å². The van der Waals surface area contributed by atoms with Crippen LogP contribution in [0.3, 0.4) is 0 Å². The molecule has 32 heteroatoms. The van der Waals surface area contributed by atoms with E-state index in [4.69, 9.17) is 81.9 Å². The van der Waals surface area contributed by atoms with Crippen LogP contribution in [-0.2, 0) is 21.8 Å². The monoisotopic (exact) mass is 1860 g/mol. The van der Waals surface area contributed by atoms with Crippen molar-refractivity contribution in [3.8, 4) is 33.4 Å². The number of nitrogens with one attached hydrogen (secondary N) is 3. The lowest BCUT2D eigenvalue weighted by molar-refractivity contribution is -0.138. The zero-order valence-electron chi connectivity index (χ0n) is 57.1. The van der Waals surface area contributed by atoms with Crippen LogP contribution in [0.5, 0.6) is 0 Å². The molecule has 0 fully saturated rings. The minimum atomic E-state index is -4.35. The van der Waals surface area contributed by atoms with Crippen molar-refractivity contribution in [2.75, 3.05) is 21.7 Å². The number of nitrogens with two attached hydrogens (primary N) is 1. The van der Waals surface area contributed by atoms with Gasteiger partial charge in [0, 0.05) is 65.2 Å². The molecule has 0 radical (unpaired) electrons. The summed E-state index contributed by atoms with van der Waals surface area (Å²) in [6, 6.07) is 48.7. The first-order valence-electron chi connectivity index (χ1n) is 30.4. The number of carboxylic acid groups (broad SMARTS) is 1. The highest BCUT2D eigenvalue weighted by Gasteiger charge is 2.31. The van der Waals surface area contributed by atoms with E-state index in [1.54, 1.807) is 68.6 Å². The van der Waals surface area contributed by atoms with Gasteiger partial charge >= 0.3 is 37.6 Å². The quantitative estimate of drug-likeness (QED) is 0.0387. The maximum Gasteiger partial charge on any atom is 0.488 e. The molecule has 105 heavy (non-hydrogen) atoms. The Morgan fingerprint density at radius 1 is 0.476 bits per heavy atom. The fourth-order valence-electron chi connectivity index (χ4n) is 7.47. The molecule has 5 heterocycles. The number of halogens is 13. The number of carboxylic acids is 1. The Labute approximate surface area is 675 Å². The topological polar surface area (TPSA) is 213 Å². The lowest BCUT2D eigenvalue weighted by Crippen LogP contribution is -2.29. The number of nitrogen functional groups attached to an aromatic ring is 1. The number of benzene rings is 6. The van der Waals surface area contributed by atoms with Gasteiger partial charge in [0.25, 0.3) is 0 Å². The second-order valence-electron chi connectivity index (χ2n) is 24.3. The third-order valence-electron chi connectivity index (χ3n) is 11.6. The first kappa shape index (κ1) is 91.2. The second kappa shape index (κ2) is 43.1. The Morgan fingerprint density at radius 3 is 1.21 bits per heavy atom. The molecule has 0 aliphatic heterocycles. The molecule has 0 unspecified atom stereocenters. The molecule has 9 N–H and O–H groups in total. The molecule has 11 aromatic rings. The molecule has 0 atom stereocenters. The molecule has 0 aliphatic carbocycles. The van der Waals surface area contributed by atoms with Gasteiger partial charge in [-0.1, -0.05) is 107 Å². The van der Waals surface area contributed by atoms with E-state index in [1.807, 2.05) is 177 Å². The fourth-order valence-corrected chi connectivity index (χ4v) is 13.6. The number of hydrogen-bond acceptors (Lipinski definition) is 15. The zero-order chi connectivity index (χ0) is 78.6. The van der Waals surface area contributed by atoms with Crippen molar-refractivity contribution >= 4 is 214 Å². The number of hydrogen-bond donors (Lipinski definition) is 8. The van der Waals surface area contributed by atoms with Gasteiger partial charge in [0.15, 0.2) is 0 Å². The van der Waals surface area contributed by atoms with Crippen LogP contribution in [0.15, 0.2) is 212 Å². The van der Waals surface area contributed by atoms with Crippen molar-refractivity contribution in [1.29, 1.82) is 0 Å². The number of ether oxygens (including phenoxy) is 2. The number of aliphatic hydroxyl groups is 1. The lowest BCUT2D eigenvalue weighted by Gasteiger charge is -2.19. The minimum absolute atomic E-state index is 0.363. The van der Waals surface area contributed by atoms with Crippen molar-refractivity contribution < 1.29 is 70.5 Å². The molecule has 5 aromatic heterocycles. The predicted molar refractivity (Wildman–Crippen MR) is 442 cm³/mol. The van der Waals surface area contributed by atoms with Gasteiger partial charge < -0.3 is 40.8 Å². The van der Waals surface area contributed by atoms with Crippen molar-refractivity contribution in [3.63, 3.8) is 0 Å². The standard InChI is InChI=1S/C17H11ClF3NS.C15H16ClNO2S.C10H8ClNS.C9H12BrNO2S.C7H4F3I.C6H6BClO2.C5H3BrO2S.C4H10O/c18-14-5-1-3-11(7-14)12-8-16(23-10-12)22-15-6-2-4-13(9-15)17(19,20)21;1-15(2,3)19-14(18)17-13-8-11(9-20-13)10-5-4-6-12(16)7-10;11-9-3-1-2-7(4-9)8-5-10(12)13-6-8;1-9(2,3)13-8(12)11-7-4-6(10)5-14-7;8-7(9,10)5-2-1-3-6(11)4-5;8-6-3-1-2-5(4-6)7(9)10;6-3-1-4(5(7)8)9-2-3;1-4(2,3)5/h1-10,22H;4-9H,1-3H3,(H,17,18);1-6H,12H2;4-5H,1-3H3,(H,11,12);1-4H;1-4,9-10H;1-2H,(H,7,8);5H,1-3H3. The number of carbonyl (C=O) groups is 3. The zero-order valence-corrected chi connectivity index (χ0v) is 69.5. The van der Waals surface area contributed by atoms with Crippen LogP contribution in [0.1, 0.15) is 83.1 Å². The maximum atomic E-state index is 12.7. The molecule has 11 rings (SSSR count). The van der Waals surface area contributed by atoms with Crippen LogP contribution in [0.2, 0.25) is 20.1 Å². The largest absolute Gasteiger partial charge is 0.488 e. The van der Waals surface area contributed by atoms with Crippen molar-refractivity contribution in [1.82, 2.24) is 0 Å². The Hall–Kier alpha value is -6.20. The number of aromatic carboxylic acids is 1. The summed E-state index contributed by atoms with van der Waals surface area (Å²) in [5, 5.41) is 57.8. The summed E-state index contributed by atoms with van der Waals surface area (Å²) in [7, 11) is -1.43. The molecule has 0 spiro atoms. The molecular formula is C73H70BBr2Cl4F6IN4O9S5. The van der Waals surface area contributed by atoms with E-state index in [1.165, 1.54) is 74.9 Å². The fraction of sp³-hybridized carbons (Fsp3) is 0.192. The van der Waals surface area contributed by atoms with Gasteiger partial charge in [0.05, 0.1) is 36.7 Å². The minimum Gasteiger partial charge on any atom is -0.477 e. The van der Waals surface area contributed by atoms with Crippen LogP contribution in [-0.4, -0.2) is 62.3 Å². The van der Waals surface area contributed by atoms with Gasteiger partial charge in [-0.25, -0.2) is 14.4 Å².